The lowest BCUT2D eigenvalue weighted by atomic mass is 10.0. The summed E-state index contributed by atoms with van der Waals surface area (Å²) >= 11 is 1.85. The van der Waals surface area contributed by atoms with Gasteiger partial charge in [0.05, 0.1) is 0 Å². The van der Waals surface area contributed by atoms with Gasteiger partial charge in [0.15, 0.2) is 0 Å². The molecule has 1 atom stereocenters. The second-order valence-corrected chi connectivity index (χ2v) is 5.17. The topological polar surface area (TPSA) is 6.48 Å². The van der Waals surface area contributed by atoms with Crippen LogP contribution in [-0.4, -0.2) is 48.2 Å². The number of nitrogens with zero attached hydrogens (tertiary/aromatic N) is 2. The zero-order chi connectivity index (χ0) is 10.4. The highest BCUT2D eigenvalue weighted by Gasteiger charge is 2.22. The van der Waals surface area contributed by atoms with Crippen molar-refractivity contribution < 1.29 is 0 Å². The Morgan fingerprint density at radius 2 is 2.21 bits per heavy atom. The van der Waals surface area contributed by atoms with Crippen LogP contribution in [0.25, 0.3) is 0 Å². The molecule has 1 unspecified atom stereocenters. The van der Waals surface area contributed by atoms with Gasteiger partial charge < -0.3 is 0 Å². The zero-order valence-corrected chi connectivity index (χ0v) is 10.6. The third kappa shape index (κ3) is 3.79. The fourth-order valence-electron chi connectivity index (χ4n) is 2.22. The number of piperidine rings is 1. The largest absolute Gasteiger partial charge is 0.299 e. The van der Waals surface area contributed by atoms with Crippen molar-refractivity contribution in [3.05, 3.63) is 0 Å². The van der Waals surface area contributed by atoms with Crippen LogP contribution in [0, 0.1) is 0 Å². The molecule has 0 aromatic heterocycles. The second kappa shape index (κ2) is 6.70. The van der Waals surface area contributed by atoms with Crippen LogP contribution in [0.1, 0.15) is 32.6 Å². The number of likely N-dealkylation sites (tertiary alicyclic amines) is 1. The summed E-state index contributed by atoms with van der Waals surface area (Å²) in [5.41, 5.74) is 0. The molecule has 0 saturated carbocycles. The third-order valence-electron chi connectivity index (χ3n) is 3.04. The fraction of sp³-hybridized carbons (Fsp3) is 1.00. The molecule has 0 aromatic rings. The van der Waals surface area contributed by atoms with E-state index in [4.69, 9.17) is 0 Å². The van der Waals surface area contributed by atoms with Gasteiger partial charge in [-0.1, -0.05) is 25.3 Å². The maximum absolute atomic E-state index is 2.68. The van der Waals surface area contributed by atoms with Crippen LogP contribution in [0.4, 0.5) is 0 Å². The van der Waals surface area contributed by atoms with Crippen LogP contribution in [0.5, 0.6) is 0 Å². The van der Waals surface area contributed by atoms with Crippen molar-refractivity contribution in [1.82, 2.24) is 9.21 Å². The standard InChI is InChI=1S/C11H24N2S/c1-4-8-13-9-6-5-7-11(13)10-12(2)14-3/h11H,4-10H2,1-3H3. The molecule has 1 heterocycles. The first-order valence-electron chi connectivity index (χ1n) is 5.77. The molecule has 0 aliphatic carbocycles. The minimum atomic E-state index is 0.807. The number of rotatable bonds is 5. The van der Waals surface area contributed by atoms with E-state index in [2.05, 4.69) is 29.4 Å². The molecule has 1 saturated heterocycles. The molecule has 0 N–H and O–H groups in total. The normalized spacial score (nSPS) is 24.4. The molecule has 1 aliphatic rings. The number of hydrogen-bond donors (Lipinski definition) is 0. The molecule has 2 nitrogen and oxygen atoms in total. The van der Waals surface area contributed by atoms with E-state index in [-0.39, 0.29) is 0 Å². The smallest absolute Gasteiger partial charge is 0.0243 e. The summed E-state index contributed by atoms with van der Waals surface area (Å²) < 4.78 is 2.36. The van der Waals surface area contributed by atoms with E-state index in [1.54, 1.807) is 0 Å². The highest BCUT2D eigenvalue weighted by atomic mass is 32.2. The predicted molar refractivity (Wildman–Crippen MR) is 65.6 cm³/mol. The Balaban J connectivity index is 2.37. The molecule has 1 fully saturated rings. The fourth-order valence-corrected chi connectivity index (χ4v) is 2.54. The number of hydrogen-bond acceptors (Lipinski definition) is 3. The van der Waals surface area contributed by atoms with Crippen LogP contribution in [0.15, 0.2) is 0 Å². The molecule has 0 bridgehead atoms. The van der Waals surface area contributed by atoms with Crippen LogP contribution in [0.3, 0.4) is 0 Å². The average Bonchev–Trinajstić information content (AvgIpc) is 2.21. The second-order valence-electron chi connectivity index (χ2n) is 4.18. The van der Waals surface area contributed by atoms with Gasteiger partial charge in [0.2, 0.25) is 0 Å². The van der Waals surface area contributed by atoms with Crippen molar-refractivity contribution in [2.45, 2.75) is 38.6 Å². The lowest BCUT2D eigenvalue weighted by Gasteiger charge is -2.37. The summed E-state index contributed by atoms with van der Waals surface area (Å²) in [5.74, 6) is 0. The molecule has 3 heteroatoms. The van der Waals surface area contributed by atoms with Crippen molar-refractivity contribution in [3.8, 4) is 0 Å². The van der Waals surface area contributed by atoms with Gasteiger partial charge in [-0.2, -0.15) is 0 Å². The van der Waals surface area contributed by atoms with Gasteiger partial charge >= 0.3 is 0 Å². The Bertz CT molecular complexity index is 150. The summed E-state index contributed by atoms with van der Waals surface area (Å²) in [6.07, 6.45) is 7.67. The predicted octanol–water partition coefficient (Wildman–Crippen LogP) is 2.46. The molecule has 1 rings (SSSR count). The first-order valence-corrected chi connectivity index (χ1v) is 6.95. The summed E-state index contributed by atoms with van der Waals surface area (Å²) in [6.45, 7) is 6.11. The molecular weight excluding hydrogens is 192 g/mol. The average molecular weight is 216 g/mol. The first-order chi connectivity index (χ1) is 6.77. The number of likely N-dealkylation sites (N-methyl/N-ethyl adjacent to an activating group) is 1. The summed E-state index contributed by atoms with van der Waals surface area (Å²) in [5, 5.41) is 0. The van der Waals surface area contributed by atoms with Gasteiger partial charge in [0, 0.05) is 12.6 Å². The van der Waals surface area contributed by atoms with Crippen molar-refractivity contribution in [2.75, 3.05) is 32.9 Å². The minimum Gasteiger partial charge on any atom is -0.299 e. The molecule has 84 valence electrons. The van der Waals surface area contributed by atoms with Gasteiger partial charge in [-0.3, -0.25) is 9.21 Å². The van der Waals surface area contributed by atoms with E-state index in [0.29, 0.717) is 0 Å². The molecule has 1 aliphatic heterocycles. The molecule has 0 aromatic carbocycles. The van der Waals surface area contributed by atoms with E-state index in [1.807, 2.05) is 11.9 Å². The lowest BCUT2D eigenvalue weighted by molar-refractivity contribution is 0.135. The van der Waals surface area contributed by atoms with Crippen molar-refractivity contribution >= 4 is 11.9 Å². The Hall–Kier alpha value is 0.270. The van der Waals surface area contributed by atoms with Gasteiger partial charge in [-0.05, 0) is 45.7 Å². The Morgan fingerprint density at radius 1 is 1.43 bits per heavy atom. The monoisotopic (exact) mass is 216 g/mol. The maximum Gasteiger partial charge on any atom is 0.0243 e. The third-order valence-corrected chi connectivity index (χ3v) is 3.81. The van der Waals surface area contributed by atoms with Crippen LogP contribution < -0.4 is 0 Å². The van der Waals surface area contributed by atoms with Crippen molar-refractivity contribution in [1.29, 1.82) is 0 Å². The van der Waals surface area contributed by atoms with Crippen LogP contribution in [0.2, 0.25) is 0 Å². The SMILES string of the molecule is CCCN1CCCCC1CN(C)SC. The summed E-state index contributed by atoms with van der Waals surface area (Å²) in [4.78, 5) is 2.68. The van der Waals surface area contributed by atoms with Gasteiger partial charge in [0.25, 0.3) is 0 Å². The maximum atomic E-state index is 2.68. The van der Waals surface area contributed by atoms with E-state index in [9.17, 15) is 0 Å². The van der Waals surface area contributed by atoms with Gasteiger partial charge in [-0.25, -0.2) is 0 Å². The van der Waals surface area contributed by atoms with Crippen molar-refractivity contribution in [3.63, 3.8) is 0 Å². The minimum absolute atomic E-state index is 0.807. The Kier molecular flexibility index (Phi) is 5.90. The van der Waals surface area contributed by atoms with Gasteiger partial charge in [-0.15, -0.1) is 0 Å². The molecule has 0 radical (unpaired) electrons. The summed E-state index contributed by atoms with van der Waals surface area (Å²) in [6, 6.07) is 0.807. The highest BCUT2D eigenvalue weighted by molar-refractivity contribution is 7.96. The first kappa shape index (κ1) is 12.3. The van der Waals surface area contributed by atoms with Crippen LogP contribution >= 0.6 is 11.9 Å². The zero-order valence-electron chi connectivity index (χ0n) is 9.83. The molecule has 0 amide bonds. The van der Waals surface area contributed by atoms with E-state index in [1.165, 1.54) is 45.3 Å². The summed E-state index contributed by atoms with van der Waals surface area (Å²) in [7, 11) is 2.20. The Labute approximate surface area is 93.2 Å². The molecule has 14 heavy (non-hydrogen) atoms. The van der Waals surface area contributed by atoms with Crippen molar-refractivity contribution in [2.24, 2.45) is 0 Å². The highest BCUT2D eigenvalue weighted by Crippen LogP contribution is 2.19. The molecule has 0 spiro atoms. The Morgan fingerprint density at radius 3 is 2.86 bits per heavy atom. The molecular formula is C11H24N2S. The quantitative estimate of drug-likeness (QED) is 0.652. The van der Waals surface area contributed by atoms with E-state index >= 15 is 0 Å². The van der Waals surface area contributed by atoms with Crippen LogP contribution in [-0.2, 0) is 0 Å². The van der Waals surface area contributed by atoms with E-state index in [0.717, 1.165) is 6.04 Å². The lowest BCUT2D eigenvalue weighted by Crippen LogP contribution is -2.44. The van der Waals surface area contributed by atoms with E-state index < -0.39 is 0 Å². The van der Waals surface area contributed by atoms with Gasteiger partial charge in [0.1, 0.15) is 0 Å².